The molecule has 3 N–H and O–H groups in total. The van der Waals surface area contributed by atoms with Gasteiger partial charge in [-0.1, -0.05) is 12.8 Å². The van der Waals surface area contributed by atoms with E-state index in [1.54, 1.807) is 0 Å². The van der Waals surface area contributed by atoms with Crippen molar-refractivity contribution < 1.29 is 4.79 Å². The van der Waals surface area contributed by atoms with Crippen LogP contribution in [0.25, 0.3) is 11.0 Å². The molecular formula is C17H24N4O. The van der Waals surface area contributed by atoms with Gasteiger partial charge in [0.05, 0.1) is 11.0 Å². The Bertz CT molecular complexity index is 678. The Morgan fingerprint density at radius 3 is 2.68 bits per heavy atom. The smallest absolute Gasteiger partial charge is 0.319 e. The van der Waals surface area contributed by atoms with Gasteiger partial charge < -0.3 is 15.6 Å². The Hall–Kier alpha value is -2.04. The molecule has 0 radical (unpaired) electrons. The number of H-pyrrole nitrogens is 1. The highest BCUT2D eigenvalue weighted by molar-refractivity contribution is 5.92. The molecule has 2 amide bonds. The summed E-state index contributed by atoms with van der Waals surface area (Å²) in [5.74, 6) is 1.65. The predicted molar refractivity (Wildman–Crippen MR) is 89.2 cm³/mol. The first-order valence-corrected chi connectivity index (χ1v) is 7.99. The third kappa shape index (κ3) is 3.40. The van der Waals surface area contributed by atoms with E-state index in [1.807, 2.05) is 39.0 Å². The summed E-state index contributed by atoms with van der Waals surface area (Å²) in [5, 5.41) is 5.76. The van der Waals surface area contributed by atoms with E-state index in [-0.39, 0.29) is 11.6 Å². The number of urea groups is 1. The van der Waals surface area contributed by atoms with E-state index >= 15 is 0 Å². The average Bonchev–Trinajstić information content (AvgIpc) is 3.04. The second kappa shape index (κ2) is 5.63. The number of aromatic amines is 1. The molecule has 1 heterocycles. The number of carbonyl (C=O) groups is 1. The molecule has 1 aliphatic carbocycles. The molecule has 0 bridgehead atoms. The summed E-state index contributed by atoms with van der Waals surface area (Å²) in [6.07, 6.45) is 5.03. The van der Waals surface area contributed by atoms with Crippen LogP contribution in [-0.4, -0.2) is 21.5 Å². The SMILES string of the molecule is CC(C)(C)NC(=O)Nc1ccc2nc(C3CCCC3)[nH]c2c1. The topological polar surface area (TPSA) is 69.8 Å². The Balaban J connectivity index is 1.76. The van der Waals surface area contributed by atoms with Crippen molar-refractivity contribution in [1.29, 1.82) is 0 Å². The van der Waals surface area contributed by atoms with E-state index in [9.17, 15) is 4.79 Å². The minimum Gasteiger partial charge on any atom is -0.342 e. The molecule has 3 rings (SSSR count). The number of hydrogen-bond donors (Lipinski definition) is 3. The summed E-state index contributed by atoms with van der Waals surface area (Å²) in [5.41, 5.74) is 2.47. The van der Waals surface area contributed by atoms with Gasteiger partial charge >= 0.3 is 6.03 Å². The molecule has 1 saturated carbocycles. The molecule has 1 fully saturated rings. The van der Waals surface area contributed by atoms with E-state index in [1.165, 1.54) is 25.7 Å². The van der Waals surface area contributed by atoms with Crippen LogP contribution in [0.2, 0.25) is 0 Å². The molecule has 0 unspecified atom stereocenters. The number of imidazole rings is 1. The largest absolute Gasteiger partial charge is 0.342 e. The first kappa shape index (κ1) is 14.9. The number of anilines is 1. The summed E-state index contributed by atoms with van der Waals surface area (Å²) >= 11 is 0. The van der Waals surface area contributed by atoms with Crippen molar-refractivity contribution in [2.45, 2.75) is 57.9 Å². The molecule has 118 valence electrons. The second-order valence-corrected chi connectivity index (χ2v) is 7.16. The standard InChI is InChI=1S/C17H24N4O/c1-17(2,3)21-16(22)18-12-8-9-13-14(10-12)20-15(19-13)11-6-4-5-7-11/h8-11H,4-7H2,1-3H3,(H,19,20)(H2,18,21,22). The highest BCUT2D eigenvalue weighted by Gasteiger charge is 2.20. The van der Waals surface area contributed by atoms with Crippen LogP contribution in [0.4, 0.5) is 10.5 Å². The van der Waals surface area contributed by atoms with Gasteiger partial charge in [-0.05, 0) is 51.8 Å². The molecule has 1 aromatic heterocycles. The normalized spacial score (nSPS) is 16.1. The Kier molecular flexibility index (Phi) is 3.81. The summed E-state index contributed by atoms with van der Waals surface area (Å²) < 4.78 is 0. The lowest BCUT2D eigenvalue weighted by Gasteiger charge is -2.20. The molecule has 0 aliphatic heterocycles. The van der Waals surface area contributed by atoms with Crippen molar-refractivity contribution in [3.05, 3.63) is 24.0 Å². The molecule has 5 heteroatoms. The molecule has 1 aliphatic rings. The van der Waals surface area contributed by atoms with E-state index in [2.05, 4.69) is 15.6 Å². The van der Waals surface area contributed by atoms with Crippen LogP contribution in [0.5, 0.6) is 0 Å². The van der Waals surface area contributed by atoms with Gasteiger partial charge in [0.2, 0.25) is 0 Å². The number of hydrogen-bond acceptors (Lipinski definition) is 2. The lowest BCUT2D eigenvalue weighted by molar-refractivity contribution is 0.244. The van der Waals surface area contributed by atoms with Crippen molar-refractivity contribution in [2.24, 2.45) is 0 Å². The number of carbonyl (C=O) groups excluding carboxylic acids is 1. The number of rotatable bonds is 2. The molecule has 0 saturated heterocycles. The Morgan fingerprint density at radius 1 is 1.27 bits per heavy atom. The van der Waals surface area contributed by atoms with Crippen LogP contribution >= 0.6 is 0 Å². The average molecular weight is 300 g/mol. The fourth-order valence-corrected chi connectivity index (χ4v) is 3.00. The van der Waals surface area contributed by atoms with Crippen LogP contribution in [0.15, 0.2) is 18.2 Å². The van der Waals surface area contributed by atoms with Gasteiger partial charge in [0.25, 0.3) is 0 Å². The van der Waals surface area contributed by atoms with Crippen molar-refractivity contribution in [2.75, 3.05) is 5.32 Å². The summed E-state index contributed by atoms with van der Waals surface area (Å²) in [6, 6.07) is 5.60. The number of fused-ring (bicyclic) bond motifs is 1. The maximum Gasteiger partial charge on any atom is 0.319 e. The summed E-state index contributed by atoms with van der Waals surface area (Å²) in [4.78, 5) is 20.0. The molecule has 0 atom stereocenters. The van der Waals surface area contributed by atoms with E-state index in [0.29, 0.717) is 5.92 Å². The molecule has 1 aromatic carbocycles. The molecule has 5 nitrogen and oxygen atoms in total. The van der Waals surface area contributed by atoms with E-state index < -0.39 is 0 Å². The van der Waals surface area contributed by atoms with Gasteiger partial charge in [0.1, 0.15) is 5.82 Å². The zero-order chi connectivity index (χ0) is 15.7. The molecule has 2 aromatic rings. The summed E-state index contributed by atoms with van der Waals surface area (Å²) in [6.45, 7) is 5.87. The third-order valence-electron chi connectivity index (χ3n) is 3.99. The maximum atomic E-state index is 11.9. The number of amides is 2. The molecule has 0 spiro atoms. The Labute approximate surface area is 130 Å². The highest BCUT2D eigenvalue weighted by atomic mass is 16.2. The van der Waals surface area contributed by atoms with Crippen molar-refractivity contribution in [1.82, 2.24) is 15.3 Å². The van der Waals surface area contributed by atoms with Crippen LogP contribution in [-0.2, 0) is 0 Å². The maximum absolute atomic E-state index is 11.9. The van der Waals surface area contributed by atoms with Crippen molar-refractivity contribution >= 4 is 22.8 Å². The van der Waals surface area contributed by atoms with Crippen LogP contribution in [0.3, 0.4) is 0 Å². The van der Waals surface area contributed by atoms with Crippen molar-refractivity contribution in [3.63, 3.8) is 0 Å². The molecule has 22 heavy (non-hydrogen) atoms. The monoisotopic (exact) mass is 300 g/mol. The predicted octanol–water partition coefficient (Wildman–Crippen LogP) is 4.14. The fourth-order valence-electron chi connectivity index (χ4n) is 3.00. The van der Waals surface area contributed by atoms with E-state index in [0.717, 1.165) is 22.5 Å². The van der Waals surface area contributed by atoms with Crippen LogP contribution < -0.4 is 10.6 Å². The van der Waals surface area contributed by atoms with Gasteiger partial charge in [0, 0.05) is 17.1 Å². The lowest BCUT2D eigenvalue weighted by atomic mass is 10.1. The minimum absolute atomic E-state index is 0.192. The summed E-state index contributed by atoms with van der Waals surface area (Å²) in [7, 11) is 0. The number of nitrogens with zero attached hydrogens (tertiary/aromatic N) is 1. The zero-order valence-electron chi connectivity index (χ0n) is 13.5. The third-order valence-corrected chi connectivity index (χ3v) is 3.99. The van der Waals surface area contributed by atoms with Crippen LogP contribution in [0, 0.1) is 0 Å². The van der Waals surface area contributed by atoms with Gasteiger partial charge in [-0.3, -0.25) is 0 Å². The first-order valence-electron chi connectivity index (χ1n) is 7.99. The minimum atomic E-state index is -0.252. The highest BCUT2D eigenvalue weighted by Crippen LogP contribution is 2.33. The number of aromatic nitrogens is 2. The number of benzene rings is 1. The van der Waals surface area contributed by atoms with Gasteiger partial charge in [-0.25, -0.2) is 9.78 Å². The fraction of sp³-hybridized carbons (Fsp3) is 0.529. The molecular weight excluding hydrogens is 276 g/mol. The number of nitrogens with one attached hydrogen (secondary N) is 3. The lowest BCUT2D eigenvalue weighted by Crippen LogP contribution is -2.43. The van der Waals surface area contributed by atoms with Gasteiger partial charge in [-0.15, -0.1) is 0 Å². The Morgan fingerprint density at radius 2 is 2.00 bits per heavy atom. The second-order valence-electron chi connectivity index (χ2n) is 7.16. The van der Waals surface area contributed by atoms with E-state index in [4.69, 9.17) is 4.98 Å². The quantitative estimate of drug-likeness (QED) is 0.780. The van der Waals surface area contributed by atoms with Gasteiger partial charge in [-0.2, -0.15) is 0 Å². The first-order chi connectivity index (χ1) is 10.4. The van der Waals surface area contributed by atoms with Gasteiger partial charge in [0.15, 0.2) is 0 Å². The van der Waals surface area contributed by atoms with Crippen molar-refractivity contribution in [3.8, 4) is 0 Å². The zero-order valence-corrected chi connectivity index (χ0v) is 13.5. The van der Waals surface area contributed by atoms with Crippen LogP contribution in [0.1, 0.15) is 58.2 Å².